The van der Waals surface area contributed by atoms with E-state index in [0.29, 0.717) is 0 Å². The number of carboxylic acid groups (broad SMARTS) is 1. The van der Waals surface area contributed by atoms with Gasteiger partial charge in [0, 0.05) is 17.1 Å². The van der Waals surface area contributed by atoms with Gasteiger partial charge in [-0.25, -0.2) is 0 Å². The Morgan fingerprint density at radius 2 is 2.12 bits per heavy atom. The zero-order chi connectivity index (χ0) is 12.4. The number of hydrogen-bond donors (Lipinski definition) is 1. The summed E-state index contributed by atoms with van der Waals surface area (Å²) in [5.41, 5.74) is 1.28. The molecule has 1 saturated carbocycles. The van der Waals surface area contributed by atoms with Crippen molar-refractivity contribution >= 4 is 21.9 Å². The zero-order valence-electron chi connectivity index (χ0n) is 9.77. The van der Waals surface area contributed by atoms with Gasteiger partial charge in [0.25, 0.3) is 0 Å². The minimum Gasteiger partial charge on any atom is -0.481 e. The van der Waals surface area contributed by atoms with Crippen LogP contribution in [0, 0.1) is 5.92 Å². The van der Waals surface area contributed by atoms with E-state index in [4.69, 9.17) is 5.11 Å². The third kappa shape index (κ3) is 3.30. The molecular formula is C13H16BrNO2. The minimum absolute atomic E-state index is 0.148. The van der Waals surface area contributed by atoms with Crippen molar-refractivity contribution in [3.8, 4) is 0 Å². The number of halogens is 1. The number of carbonyl (C=O) groups is 1. The summed E-state index contributed by atoms with van der Waals surface area (Å²) >= 11 is 3.41. The lowest BCUT2D eigenvalue weighted by molar-refractivity contribution is -0.138. The molecular weight excluding hydrogens is 282 g/mol. The van der Waals surface area contributed by atoms with Gasteiger partial charge in [-0.05, 0) is 37.6 Å². The van der Waals surface area contributed by atoms with Crippen molar-refractivity contribution in [1.82, 2.24) is 4.90 Å². The van der Waals surface area contributed by atoms with Crippen LogP contribution in [0.1, 0.15) is 12.0 Å². The first-order chi connectivity index (χ1) is 8.08. The maximum Gasteiger partial charge on any atom is 0.308 e. The Morgan fingerprint density at radius 1 is 1.47 bits per heavy atom. The van der Waals surface area contributed by atoms with Crippen LogP contribution in [0.3, 0.4) is 0 Å². The van der Waals surface area contributed by atoms with Crippen LogP contribution in [0.5, 0.6) is 0 Å². The number of hydrogen-bond acceptors (Lipinski definition) is 2. The summed E-state index contributed by atoms with van der Waals surface area (Å²) in [4.78, 5) is 12.9. The molecule has 17 heavy (non-hydrogen) atoms. The van der Waals surface area contributed by atoms with Crippen LogP contribution in [-0.2, 0) is 11.2 Å². The highest BCUT2D eigenvalue weighted by molar-refractivity contribution is 9.10. The molecule has 4 heteroatoms. The van der Waals surface area contributed by atoms with Crippen molar-refractivity contribution in [1.29, 1.82) is 0 Å². The lowest BCUT2D eigenvalue weighted by Gasteiger charge is -2.16. The highest BCUT2D eigenvalue weighted by Gasteiger charge is 2.45. The topological polar surface area (TPSA) is 40.5 Å². The molecule has 0 saturated heterocycles. The lowest BCUT2D eigenvalue weighted by Crippen LogP contribution is -2.26. The Hall–Kier alpha value is -0.870. The Balaban J connectivity index is 1.79. The highest BCUT2D eigenvalue weighted by atomic mass is 79.9. The molecule has 1 aromatic rings. The van der Waals surface area contributed by atoms with Crippen LogP contribution < -0.4 is 0 Å². The molecule has 2 unspecified atom stereocenters. The molecule has 1 N–H and O–H groups in total. The lowest BCUT2D eigenvalue weighted by atomic mass is 10.1. The molecule has 0 spiro atoms. The molecule has 1 aliphatic rings. The smallest absolute Gasteiger partial charge is 0.308 e. The SMILES string of the molecule is CN(CCc1ccc(Br)cc1)C1CC1C(=O)O. The maximum atomic E-state index is 10.8. The van der Waals surface area contributed by atoms with Crippen molar-refractivity contribution < 1.29 is 9.90 Å². The molecule has 1 aromatic carbocycles. The number of aliphatic carboxylic acids is 1. The van der Waals surface area contributed by atoms with Crippen LogP contribution in [0.2, 0.25) is 0 Å². The molecule has 1 fully saturated rings. The fraction of sp³-hybridized carbons (Fsp3) is 0.462. The normalized spacial score (nSPS) is 22.8. The van der Waals surface area contributed by atoms with Gasteiger partial charge in [-0.1, -0.05) is 28.1 Å². The van der Waals surface area contributed by atoms with E-state index < -0.39 is 5.97 Å². The van der Waals surface area contributed by atoms with E-state index in [-0.39, 0.29) is 12.0 Å². The molecule has 2 rings (SSSR count). The Bertz CT molecular complexity index is 404. The van der Waals surface area contributed by atoms with Crippen LogP contribution >= 0.6 is 15.9 Å². The Kier molecular flexibility index (Phi) is 3.84. The van der Waals surface area contributed by atoms with Crippen molar-refractivity contribution in [3.63, 3.8) is 0 Å². The second kappa shape index (κ2) is 5.19. The van der Waals surface area contributed by atoms with E-state index in [1.54, 1.807) is 0 Å². The van der Waals surface area contributed by atoms with Crippen LogP contribution in [0.15, 0.2) is 28.7 Å². The molecule has 92 valence electrons. The van der Waals surface area contributed by atoms with Gasteiger partial charge in [0.05, 0.1) is 5.92 Å². The van der Waals surface area contributed by atoms with E-state index in [2.05, 4.69) is 33.0 Å². The highest BCUT2D eigenvalue weighted by Crippen LogP contribution is 2.34. The summed E-state index contributed by atoms with van der Waals surface area (Å²) in [6.45, 7) is 0.913. The van der Waals surface area contributed by atoms with Crippen LogP contribution in [0.25, 0.3) is 0 Å². The van der Waals surface area contributed by atoms with Gasteiger partial charge < -0.3 is 10.0 Å². The second-order valence-electron chi connectivity index (χ2n) is 4.60. The number of nitrogens with zero attached hydrogens (tertiary/aromatic N) is 1. The van der Waals surface area contributed by atoms with E-state index >= 15 is 0 Å². The average molecular weight is 298 g/mol. The van der Waals surface area contributed by atoms with Gasteiger partial charge in [-0.15, -0.1) is 0 Å². The standard InChI is InChI=1S/C13H16BrNO2/c1-15(12-8-11(12)13(16)17)7-6-9-2-4-10(14)5-3-9/h2-5,11-12H,6-8H2,1H3,(H,16,17). The predicted molar refractivity (Wildman–Crippen MR) is 70.0 cm³/mol. The summed E-state index contributed by atoms with van der Waals surface area (Å²) in [5.74, 6) is -0.810. The van der Waals surface area contributed by atoms with Gasteiger partial charge in [-0.2, -0.15) is 0 Å². The van der Waals surface area contributed by atoms with E-state index in [9.17, 15) is 4.79 Å². The second-order valence-corrected chi connectivity index (χ2v) is 5.52. The molecule has 3 nitrogen and oxygen atoms in total. The fourth-order valence-corrected chi connectivity index (χ4v) is 2.32. The van der Waals surface area contributed by atoms with Crippen LogP contribution in [-0.4, -0.2) is 35.6 Å². The molecule has 0 aliphatic heterocycles. The molecule has 1 aliphatic carbocycles. The monoisotopic (exact) mass is 297 g/mol. The summed E-state index contributed by atoms with van der Waals surface area (Å²) in [5, 5.41) is 8.86. The van der Waals surface area contributed by atoms with Crippen LogP contribution in [0.4, 0.5) is 0 Å². The number of benzene rings is 1. The van der Waals surface area contributed by atoms with Crippen molar-refractivity contribution in [3.05, 3.63) is 34.3 Å². The largest absolute Gasteiger partial charge is 0.481 e. The third-order valence-corrected chi connectivity index (χ3v) is 3.84. The van der Waals surface area contributed by atoms with Gasteiger partial charge >= 0.3 is 5.97 Å². The first kappa shape index (κ1) is 12.6. The molecule has 0 amide bonds. The fourth-order valence-electron chi connectivity index (χ4n) is 2.06. The number of carboxylic acids is 1. The minimum atomic E-state index is -0.662. The average Bonchev–Trinajstić information content (AvgIpc) is 3.08. The van der Waals surface area contributed by atoms with Gasteiger partial charge in [-0.3, -0.25) is 4.79 Å². The van der Waals surface area contributed by atoms with E-state index in [0.717, 1.165) is 23.9 Å². The predicted octanol–water partition coefficient (Wildman–Crippen LogP) is 2.40. The number of rotatable bonds is 5. The summed E-state index contributed by atoms with van der Waals surface area (Å²) in [6.07, 6.45) is 1.76. The molecule has 2 atom stereocenters. The van der Waals surface area contributed by atoms with E-state index in [1.807, 2.05) is 19.2 Å². The van der Waals surface area contributed by atoms with Crippen molar-refractivity contribution in [2.45, 2.75) is 18.9 Å². The number of likely N-dealkylation sites (N-methyl/N-ethyl adjacent to an activating group) is 1. The molecule has 0 heterocycles. The summed E-state index contributed by atoms with van der Waals surface area (Å²) < 4.78 is 1.09. The first-order valence-corrected chi connectivity index (χ1v) is 6.54. The summed E-state index contributed by atoms with van der Waals surface area (Å²) in [7, 11) is 2.01. The maximum absolute atomic E-state index is 10.8. The Labute approximate surface area is 110 Å². The van der Waals surface area contributed by atoms with E-state index in [1.165, 1.54) is 5.56 Å². The summed E-state index contributed by atoms with van der Waals surface area (Å²) in [6, 6.07) is 8.50. The third-order valence-electron chi connectivity index (χ3n) is 3.31. The first-order valence-electron chi connectivity index (χ1n) is 5.75. The molecule has 0 radical (unpaired) electrons. The van der Waals surface area contributed by atoms with Gasteiger partial charge in [0.15, 0.2) is 0 Å². The quantitative estimate of drug-likeness (QED) is 0.907. The zero-order valence-corrected chi connectivity index (χ0v) is 11.4. The van der Waals surface area contributed by atoms with Gasteiger partial charge in [0.2, 0.25) is 0 Å². The van der Waals surface area contributed by atoms with Crippen molar-refractivity contribution in [2.75, 3.05) is 13.6 Å². The Morgan fingerprint density at radius 3 is 2.65 bits per heavy atom. The van der Waals surface area contributed by atoms with Gasteiger partial charge in [0.1, 0.15) is 0 Å². The molecule has 0 aromatic heterocycles. The molecule has 0 bridgehead atoms. The van der Waals surface area contributed by atoms with Crippen molar-refractivity contribution in [2.24, 2.45) is 5.92 Å².